The van der Waals surface area contributed by atoms with E-state index in [4.69, 9.17) is 16.3 Å². The number of ether oxygens (including phenoxy) is 1. The van der Waals surface area contributed by atoms with Crippen molar-refractivity contribution in [3.05, 3.63) is 34.3 Å². The molecule has 0 radical (unpaired) electrons. The van der Waals surface area contributed by atoms with Crippen LogP contribution in [0.1, 0.15) is 43.2 Å². The Bertz CT molecular complexity index is 464. The summed E-state index contributed by atoms with van der Waals surface area (Å²) in [5, 5.41) is 10.3. The van der Waals surface area contributed by atoms with Gasteiger partial charge < -0.3 is 9.84 Å². The number of methoxy groups -OCH3 is 1. The summed E-state index contributed by atoms with van der Waals surface area (Å²) in [7, 11) is 1.61. The van der Waals surface area contributed by atoms with Crippen molar-refractivity contribution < 1.29 is 14.6 Å². The monoisotopic (exact) mass is 282 g/mol. The molecule has 1 N–H and O–H groups in total. The molecule has 0 amide bonds. The Hall–Kier alpha value is -1.06. The SMILES string of the molecule is COCc1cccc(Cl)c1C1(C(=O)O)CCCCC1. The summed E-state index contributed by atoms with van der Waals surface area (Å²) < 4.78 is 5.19. The van der Waals surface area contributed by atoms with Crippen LogP contribution in [-0.4, -0.2) is 18.2 Å². The van der Waals surface area contributed by atoms with Crippen molar-refractivity contribution in [2.75, 3.05) is 7.11 Å². The van der Waals surface area contributed by atoms with E-state index in [9.17, 15) is 9.90 Å². The van der Waals surface area contributed by atoms with Gasteiger partial charge in [0.25, 0.3) is 0 Å². The quantitative estimate of drug-likeness (QED) is 0.914. The fraction of sp³-hybridized carbons (Fsp3) is 0.533. The molecule has 0 saturated heterocycles. The number of aliphatic carboxylic acids is 1. The lowest BCUT2D eigenvalue weighted by Gasteiger charge is -2.35. The normalized spacial score (nSPS) is 18.2. The molecule has 1 saturated carbocycles. The lowest BCUT2D eigenvalue weighted by atomic mass is 9.68. The minimum absolute atomic E-state index is 0.394. The standard InChI is InChI=1S/C15H19ClO3/c1-19-10-11-6-5-7-12(16)13(11)15(14(17)18)8-3-2-4-9-15/h5-7H,2-4,8-10H2,1H3,(H,17,18). The third-order valence-electron chi connectivity index (χ3n) is 3.99. The first kappa shape index (κ1) is 14.4. The number of rotatable bonds is 4. The second-order valence-corrected chi connectivity index (χ2v) is 5.56. The number of hydrogen-bond donors (Lipinski definition) is 1. The molecule has 1 aliphatic rings. The van der Waals surface area contributed by atoms with Crippen LogP contribution in [0.2, 0.25) is 5.02 Å². The maximum Gasteiger partial charge on any atom is 0.314 e. The third-order valence-corrected chi connectivity index (χ3v) is 4.31. The number of carbonyl (C=O) groups is 1. The van der Waals surface area contributed by atoms with Gasteiger partial charge in [-0.05, 0) is 30.0 Å². The first-order valence-corrected chi connectivity index (χ1v) is 7.00. The van der Waals surface area contributed by atoms with E-state index in [1.54, 1.807) is 13.2 Å². The lowest BCUT2D eigenvalue weighted by Crippen LogP contribution is -2.39. The van der Waals surface area contributed by atoms with Gasteiger partial charge in [-0.15, -0.1) is 0 Å². The Balaban J connectivity index is 2.55. The van der Waals surface area contributed by atoms with Crippen LogP contribution < -0.4 is 0 Å². The maximum absolute atomic E-state index is 11.9. The second-order valence-electron chi connectivity index (χ2n) is 5.15. The summed E-state index contributed by atoms with van der Waals surface area (Å²) in [6, 6.07) is 5.53. The molecule has 1 aliphatic carbocycles. The van der Waals surface area contributed by atoms with E-state index in [1.165, 1.54) is 0 Å². The minimum atomic E-state index is -0.843. The molecule has 19 heavy (non-hydrogen) atoms. The molecule has 0 spiro atoms. The van der Waals surface area contributed by atoms with E-state index in [0.717, 1.165) is 30.4 Å². The fourth-order valence-electron chi connectivity index (χ4n) is 3.11. The minimum Gasteiger partial charge on any atom is -0.481 e. The molecule has 0 unspecified atom stereocenters. The highest BCUT2D eigenvalue weighted by atomic mass is 35.5. The average molecular weight is 283 g/mol. The molecular formula is C15H19ClO3. The summed E-state index contributed by atoms with van der Waals surface area (Å²) in [4.78, 5) is 11.9. The van der Waals surface area contributed by atoms with Crippen molar-refractivity contribution in [2.24, 2.45) is 0 Å². The summed E-state index contributed by atoms with van der Waals surface area (Å²) in [6.45, 7) is 0.394. The summed E-state index contributed by atoms with van der Waals surface area (Å²) in [5.74, 6) is -0.766. The van der Waals surface area contributed by atoms with Gasteiger partial charge in [-0.1, -0.05) is 43.0 Å². The first-order chi connectivity index (χ1) is 9.12. The molecule has 1 fully saturated rings. The van der Waals surface area contributed by atoms with Crippen molar-refractivity contribution in [3.8, 4) is 0 Å². The Morgan fingerprint density at radius 2 is 2.05 bits per heavy atom. The molecule has 1 aromatic carbocycles. The Morgan fingerprint density at radius 3 is 2.63 bits per heavy atom. The van der Waals surface area contributed by atoms with E-state index < -0.39 is 11.4 Å². The zero-order chi connectivity index (χ0) is 13.9. The Morgan fingerprint density at radius 1 is 1.37 bits per heavy atom. The summed E-state index contributed by atoms with van der Waals surface area (Å²) in [6.07, 6.45) is 4.28. The lowest BCUT2D eigenvalue weighted by molar-refractivity contribution is -0.145. The van der Waals surface area contributed by atoms with Crippen LogP contribution in [0.15, 0.2) is 18.2 Å². The van der Waals surface area contributed by atoms with Gasteiger partial charge in [-0.2, -0.15) is 0 Å². The molecule has 104 valence electrons. The molecular weight excluding hydrogens is 264 g/mol. The van der Waals surface area contributed by atoms with Crippen LogP contribution in [0.5, 0.6) is 0 Å². The van der Waals surface area contributed by atoms with E-state index in [1.807, 2.05) is 12.1 Å². The molecule has 3 nitrogen and oxygen atoms in total. The van der Waals surface area contributed by atoms with Gasteiger partial charge in [0.2, 0.25) is 0 Å². The molecule has 2 rings (SSSR count). The van der Waals surface area contributed by atoms with Gasteiger partial charge in [0.1, 0.15) is 0 Å². The van der Waals surface area contributed by atoms with Gasteiger partial charge >= 0.3 is 5.97 Å². The number of carboxylic acids is 1. The van der Waals surface area contributed by atoms with E-state index in [2.05, 4.69) is 0 Å². The van der Waals surface area contributed by atoms with Crippen LogP contribution in [0.3, 0.4) is 0 Å². The van der Waals surface area contributed by atoms with Crippen molar-refractivity contribution >= 4 is 17.6 Å². The Labute approximate surface area is 118 Å². The zero-order valence-electron chi connectivity index (χ0n) is 11.1. The van der Waals surface area contributed by atoms with Crippen LogP contribution in [0, 0.1) is 0 Å². The summed E-state index contributed by atoms with van der Waals surface area (Å²) >= 11 is 6.31. The molecule has 0 heterocycles. The topological polar surface area (TPSA) is 46.5 Å². The average Bonchev–Trinajstić information content (AvgIpc) is 2.40. The number of halogens is 1. The third kappa shape index (κ3) is 2.63. The molecule has 4 heteroatoms. The first-order valence-electron chi connectivity index (χ1n) is 6.62. The predicted octanol–water partition coefficient (Wildman–Crippen LogP) is 3.77. The smallest absolute Gasteiger partial charge is 0.314 e. The van der Waals surface area contributed by atoms with E-state index >= 15 is 0 Å². The highest BCUT2D eigenvalue weighted by Gasteiger charge is 2.43. The van der Waals surface area contributed by atoms with Crippen molar-refractivity contribution in [1.82, 2.24) is 0 Å². The fourth-order valence-corrected chi connectivity index (χ4v) is 3.48. The molecule has 0 aliphatic heterocycles. The van der Waals surface area contributed by atoms with Gasteiger partial charge in [0, 0.05) is 12.1 Å². The highest BCUT2D eigenvalue weighted by Crippen LogP contribution is 2.44. The van der Waals surface area contributed by atoms with Gasteiger partial charge in [-0.3, -0.25) is 4.79 Å². The maximum atomic E-state index is 11.9. The van der Waals surface area contributed by atoms with Crippen molar-refractivity contribution in [3.63, 3.8) is 0 Å². The van der Waals surface area contributed by atoms with Crippen LogP contribution in [0.25, 0.3) is 0 Å². The van der Waals surface area contributed by atoms with E-state index in [0.29, 0.717) is 24.5 Å². The highest BCUT2D eigenvalue weighted by molar-refractivity contribution is 6.31. The van der Waals surface area contributed by atoms with Crippen LogP contribution in [-0.2, 0) is 21.6 Å². The van der Waals surface area contributed by atoms with Crippen LogP contribution in [0.4, 0.5) is 0 Å². The second kappa shape index (κ2) is 5.93. The van der Waals surface area contributed by atoms with Gasteiger partial charge in [0.15, 0.2) is 0 Å². The number of benzene rings is 1. The molecule has 0 bridgehead atoms. The van der Waals surface area contributed by atoms with Crippen LogP contribution >= 0.6 is 11.6 Å². The summed E-state index contributed by atoms with van der Waals surface area (Å²) in [5.41, 5.74) is 0.801. The van der Waals surface area contributed by atoms with Crippen molar-refractivity contribution in [2.45, 2.75) is 44.1 Å². The van der Waals surface area contributed by atoms with Crippen molar-refractivity contribution in [1.29, 1.82) is 0 Å². The van der Waals surface area contributed by atoms with Gasteiger partial charge in [0.05, 0.1) is 12.0 Å². The van der Waals surface area contributed by atoms with Gasteiger partial charge in [-0.25, -0.2) is 0 Å². The molecule has 1 aromatic rings. The zero-order valence-corrected chi connectivity index (χ0v) is 11.9. The largest absolute Gasteiger partial charge is 0.481 e. The molecule has 0 aromatic heterocycles. The predicted molar refractivity (Wildman–Crippen MR) is 74.6 cm³/mol. The Kier molecular flexibility index (Phi) is 4.48. The number of carboxylic acid groups (broad SMARTS) is 1. The number of hydrogen-bond acceptors (Lipinski definition) is 2. The molecule has 0 atom stereocenters. The van der Waals surface area contributed by atoms with E-state index in [-0.39, 0.29) is 0 Å².